The van der Waals surface area contributed by atoms with Gasteiger partial charge in [0.25, 0.3) is 0 Å². The van der Waals surface area contributed by atoms with Crippen molar-refractivity contribution in [1.82, 2.24) is 19.4 Å². The van der Waals surface area contributed by atoms with Gasteiger partial charge < -0.3 is 19.1 Å². The van der Waals surface area contributed by atoms with Crippen molar-refractivity contribution in [2.24, 2.45) is 0 Å². The molecular weight excluding hydrogens is 361 g/mol. The lowest BCUT2D eigenvalue weighted by Crippen LogP contribution is -2.37. The van der Waals surface area contributed by atoms with Crippen LogP contribution in [0.2, 0.25) is 0 Å². The number of hydrogen-bond acceptors (Lipinski definition) is 6. The van der Waals surface area contributed by atoms with Crippen molar-refractivity contribution < 1.29 is 14.2 Å². The van der Waals surface area contributed by atoms with Crippen molar-refractivity contribution in [2.45, 2.75) is 31.8 Å². The van der Waals surface area contributed by atoms with Crippen LogP contribution in [0, 0.1) is 5.82 Å². The molecule has 8 heteroatoms. The van der Waals surface area contributed by atoms with E-state index in [0.717, 1.165) is 25.2 Å². The highest BCUT2D eigenvalue weighted by atomic mass is 19.1. The second-order valence-corrected chi connectivity index (χ2v) is 7.37. The first-order valence-electron chi connectivity index (χ1n) is 9.70. The van der Waals surface area contributed by atoms with Crippen molar-refractivity contribution >= 4 is 11.6 Å². The Hall–Kier alpha value is -2.58. The topological polar surface area (TPSA) is 75.8 Å². The van der Waals surface area contributed by atoms with Gasteiger partial charge in [0.1, 0.15) is 11.5 Å². The zero-order chi connectivity index (χ0) is 19.3. The number of aliphatic hydroxyl groups excluding tert-OH is 1. The van der Waals surface area contributed by atoms with Crippen molar-refractivity contribution in [3.63, 3.8) is 0 Å². The Morgan fingerprint density at radius 3 is 2.71 bits per heavy atom. The fraction of sp³-hybridized carbons (Fsp3) is 0.450. The zero-order valence-electron chi connectivity index (χ0n) is 15.7. The first-order chi connectivity index (χ1) is 13.7. The molecule has 5 rings (SSSR count). The van der Waals surface area contributed by atoms with E-state index in [1.807, 2.05) is 4.40 Å². The summed E-state index contributed by atoms with van der Waals surface area (Å²) in [6.45, 7) is 4.91. The molecule has 1 fully saturated rings. The lowest BCUT2D eigenvalue weighted by atomic mass is 10.0. The maximum atomic E-state index is 14.8. The summed E-state index contributed by atoms with van der Waals surface area (Å²) in [5.74, 6) is 0.478. The quantitative estimate of drug-likeness (QED) is 0.750. The molecule has 1 aliphatic heterocycles. The van der Waals surface area contributed by atoms with Crippen LogP contribution in [0.5, 0.6) is 0 Å². The van der Waals surface area contributed by atoms with Crippen LogP contribution < -0.4 is 4.90 Å². The maximum absolute atomic E-state index is 14.8. The van der Waals surface area contributed by atoms with Crippen molar-refractivity contribution in [2.75, 3.05) is 31.2 Å². The molecule has 1 saturated heterocycles. The fourth-order valence-electron chi connectivity index (χ4n) is 4.20. The van der Waals surface area contributed by atoms with Gasteiger partial charge in [-0.2, -0.15) is 0 Å². The highest BCUT2D eigenvalue weighted by Gasteiger charge is 2.34. The van der Waals surface area contributed by atoms with Gasteiger partial charge >= 0.3 is 0 Å². The minimum absolute atomic E-state index is 0.221. The van der Waals surface area contributed by atoms with E-state index in [2.05, 4.69) is 26.8 Å². The fourth-order valence-corrected chi connectivity index (χ4v) is 4.20. The van der Waals surface area contributed by atoms with Crippen LogP contribution in [0.4, 0.5) is 10.3 Å². The molecule has 0 amide bonds. The third kappa shape index (κ3) is 2.75. The number of ether oxygens (including phenoxy) is 1. The third-order valence-corrected chi connectivity index (χ3v) is 5.72. The van der Waals surface area contributed by atoms with Crippen molar-refractivity contribution in [3.05, 3.63) is 41.9 Å². The van der Waals surface area contributed by atoms with E-state index in [-0.39, 0.29) is 11.7 Å². The Bertz CT molecular complexity index is 1010. The first kappa shape index (κ1) is 17.5. The number of morpholine rings is 1. The average molecular weight is 383 g/mol. The highest BCUT2D eigenvalue weighted by Crippen LogP contribution is 2.42. The zero-order valence-corrected chi connectivity index (χ0v) is 15.7. The van der Waals surface area contributed by atoms with Gasteiger partial charge in [-0.05, 0) is 12.8 Å². The molecule has 2 atom stereocenters. The number of imidazole rings is 1. The normalized spacial score (nSPS) is 22.0. The summed E-state index contributed by atoms with van der Waals surface area (Å²) in [6.07, 6.45) is 6.06. The van der Waals surface area contributed by atoms with Crippen LogP contribution in [-0.4, -0.2) is 50.8 Å². The van der Waals surface area contributed by atoms with Crippen LogP contribution in [0.25, 0.3) is 16.8 Å². The molecular formula is C20H22FN5O2. The van der Waals surface area contributed by atoms with Gasteiger partial charge in [-0.3, -0.25) is 0 Å². The van der Waals surface area contributed by atoms with Gasteiger partial charge in [-0.1, -0.05) is 6.92 Å². The standard InChI is InChI=1S/C20H22FN5O2/c1-2-12-7-16(27)18-19(12)26-11-14(15(21)8-17(26)24-18)13-9-22-20(23-10-13)25-3-5-28-6-4-25/h8-12,16,27H,2-7H2,1H3/t12-,16+/m0/s1. The molecule has 3 aromatic heterocycles. The number of hydrogen-bond donors (Lipinski definition) is 1. The Kier molecular flexibility index (Phi) is 4.25. The molecule has 0 radical (unpaired) electrons. The predicted molar refractivity (Wildman–Crippen MR) is 102 cm³/mol. The number of halogens is 1. The van der Waals surface area contributed by atoms with E-state index in [0.29, 0.717) is 48.1 Å². The van der Waals surface area contributed by atoms with Gasteiger partial charge in [-0.25, -0.2) is 19.3 Å². The summed E-state index contributed by atoms with van der Waals surface area (Å²) < 4.78 is 22.1. The minimum atomic E-state index is -0.581. The molecule has 0 spiro atoms. The van der Waals surface area contributed by atoms with Gasteiger partial charge in [0.2, 0.25) is 5.95 Å². The van der Waals surface area contributed by atoms with Crippen molar-refractivity contribution in [1.29, 1.82) is 0 Å². The van der Waals surface area contributed by atoms with Crippen LogP contribution in [0.1, 0.15) is 43.2 Å². The van der Waals surface area contributed by atoms with Crippen LogP contribution in [0.15, 0.2) is 24.7 Å². The smallest absolute Gasteiger partial charge is 0.225 e. The van der Waals surface area contributed by atoms with E-state index < -0.39 is 6.10 Å². The Morgan fingerprint density at radius 2 is 2.00 bits per heavy atom. The monoisotopic (exact) mass is 383 g/mol. The van der Waals surface area contributed by atoms with Crippen LogP contribution in [-0.2, 0) is 4.74 Å². The second-order valence-electron chi connectivity index (χ2n) is 7.37. The highest BCUT2D eigenvalue weighted by molar-refractivity contribution is 5.65. The molecule has 0 saturated carbocycles. The number of pyridine rings is 1. The number of rotatable bonds is 3. The Balaban J connectivity index is 1.54. The van der Waals surface area contributed by atoms with Crippen LogP contribution >= 0.6 is 0 Å². The Morgan fingerprint density at radius 1 is 1.25 bits per heavy atom. The molecule has 2 aliphatic rings. The van der Waals surface area contributed by atoms with Crippen LogP contribution in [0.3, 0.4) is 0 Å². The van der Waals surface area contributed by atoms with E-state index >= 15 is 0 Å². The summed E-state index contributed by atoms with van der Waals surface area (Å²) in [5, 5.41) is 10.3. The van der Waals surface area contributed by atoms with Gasteiger partial charge in [0.15, 0.2) is 0 Å². The summed E-state index contributed by atoms with van der Waals surface area (Å²) in [6, 6.07) is 1.42. The lowest BCUT2D eigenvalue weighted by Gasteiger charge is -2.26. The molecule has 0 aromatic carbocycles. The largest absolute Gasteiger partial charge is 0.387 e. The average Bonchev–Trinajstić information content (AvgIpc) is 3.25. The second kappa shape index (κ2) is 6.79. The molecule has 3 aromatic rings. The molecule has 7 nitrogen and oxygen atoms in total. The molecule has 0 unspecified atom stereocenters. The molecule has 0 bridgehead atoms. The number of anilines is 1. The van der Waals surface area contributed by atoms with E-state index in [1.54, 1.807) is 18.6 Å². The summed E-state index contributed by atoms with van der Waals surface area (Å²) in [4.78, 5) is 15.4. The Labute approximate surface area is 161 Å². The summed E-state index contributed by atoms with van der Waals surface area (Å²) in [7, 11) is 0. The predicted octanol–water partition coefficient (Wildman–Crippen LogP) is 2.70. The SMILES string of the molecule is CC[C@H]1C[C@@H](O)c2nc3cc(F)c(-c4cnc(N5CCOCC5)nc4)cn3c21. The van der Waals surface area contributed by atoms with Gasteiger partial charge in [-0.15, -0.1) is 0 Å². The molecule has 4 heterocycles. The summed E-state index contributed by atoms with van der Waals surface area (Å²) >= 11 is 0. The summed E-state index contributed by atoms with van der Waals surface area (Å²) in [5.41, 5.74) is 3.22. The minimum Gasteiger partial charge on any atom is -0.387 e. The molecule has 1 N–H and O–H groups in total. The van der Waals surface area contributed by atoms with Gasteiger partial charge in [0.05, 0.1) is 30.7 Å². The third-order valence-electron chi connectivity index (χ3n) is 5.72. The van der Waals surface area contributed by atoms with Gasteiger partial charge in [0, 0.05) is 54.8 Å². The first-order valence-corrected chi connectivity index (χ1v) is 9.70. The number of aromatic nitrogens is 4. The number of aliphatic hydroxyl groups is 1. The molecule has 28 heavy (non-hydrogen) atoms. The molecule has 1 aliphatic carbocycles. The molecule has 146 valence electrons. The van der Waals surface area contributed by atoms with Crippen molar-refractivity contribution in [3.8, 4) is 11.1 Å². The maximum Gasteiger partial charge on any atom is 0.225 e. The number of nitrogens with zero attached hydrogens (tertiary/aromatic N) is 5. The van der Waals surface area contributed by atoms with E-state index in [9.17, 15) is 9.50 Å². The van der Waals surface area contributed by atoms with E-state index in [4.69, 9.17) is 4.74 Å². The lowest BCUT2D eigenvalue weighted by molar-refractivity contribution is 0.122. The van der Waals surface area contributed by atoms with E-state index in [1.165, 1.54) is 6.07 Å². The number of fused-ring (bicyclic) bond motifs is 3.